The lowest BCUT2D eigenvalue weighted by atomic mass is 9.84. The van der Waals surface area contributed by atoms with Crippen molar-refractivity contribution in [2.24, 2.45) is 0 Å². The third kappa shape index (κ3) is 3.90. The molecule has 0 amide bonds. The Morgan fingerprint density at radius 1 is 0.390 bits per heavy atom. The van der Waals surface area contributed by atoms with Crippen molar-refractivity contribution >= 4 is 43.1 Å². The number of hydrogen-bond acceptors (Lipinski definition) is 1. The molecule has 0 saturated carbocycles. The molecule has 0 saturated heterocycles. The molecule has 7 aromatic carbocycles. The molecule has 1 heteroatoms. The van der Waals surface area contributed by atoms with Crippen LogP contribution >= 0.6 is 0 Å². The summed E-state index contributed by atoms with van der Waals surface area (Å²) in [6, 6.07) is 49.0. The predicted molar refractivity (Wildman–Crippen MR) is 175 cm³/mol. The Morgan fingerprint density at radius 3 is 1.63 bits per heavy atom. The normalized spacial score (nSPS) is 11.5. The predicted octanol–water partition coefficient (Wildman–Crippen LogP) is 11.0. The fourth-order valence-electron chi connectivity index (χ4n) is 6.47. The minimum Gasteiger partial charge on any atom is -0.264 e. The van der Waals surface area contributed by atoms with Crippen LogP contribution in [0.4, 0.5) is 0 Å². The van der Waals surface area contributed by atoms with Gasteiger partial charge in [-0.05, 0) is 102 Å². The molecular weight excluding hydrogens is 494 g/mol. The van der Waals surface area contributed by atoms with Gasteiger partial charge in [0, 0.05) is 18.0 Å². The van der Waals surface area contributed by atoms with Crippen molar-refractivity contribution in [1.82, 2.24) is 4.98 Å². The van der Waals surface area contributed by atoms with Crippen molar-refractivity contribution in [1.29, 1.82) is 0 Å². The average molecular weight is 522 g/mol. The number of hydrogen-bond donors (Lipinski definition) is 0. The Kier molecular flexibility index (Phi) is 5.43. The molecule has 0 radical (unpaired) electrons. The van der Waals surface area contributed by atoms with E-state index >= 15 is 0 Å². The smallest absolute Gasteiger partial charge is 0.0346 e. The average Bonchev–Trinajstić information content (AvgIpc) is 3.03. The van der Waals surface area contributed by atoms with Gasteiger partial charge in [-0.2, -0.15) is 0 Å². The fraction of sp³-hybridized carbons (Fsp3) is 0.0250. The van der Waals surface area contributed by atoms with Crippen LogP contribution < -0.4 is 0 Å². The Balaban J connectivity index is 1.39. The second-order valence-electron chi connectivity index (χ2n) is 10.9. The molecule has 8 rings (SSSR count). The number of rotatable bonds is 3. The molecule has 41 heavy (non-hydrogen) atoms. The Morgan fingerprint density at radius 2 is 0.951 bits per heavy atom. The van der Waals surface area contributed by atoms with Gasteiger partial charge in [-0.15, -0.1) is 0 Å². The van der Waals surface area contributed by atoms with Crippen LogP contribution in [0, 0.1) is 6.92 Å². The second-order valence-corrected chi connectivity index (χ2v) is 10.9. The first kappa shape index (κ1) is 23.6. The first-order chi connectivity index (χ1) is 20.2. The van der Waals surface area contributed by atoms with E-state index in [2.05, 4.69) is 145 Å². The number of fused-ring (bicyclic) bond motifs is 4. The Bertz CT molecular complexity index is 2210. The lowest BCUT2D eigenvalue weighted by molar-refractivity contribution is 1.27. The third-order valence-electron chi connectivity index (χ3n) is 8.33. The van der Waals surface area contributed by atoms with Crippen molar-refractivity contribution in [3.05, 3.63) is 151 Å². The standard InChI is InChI=1S/C40H27N/c1-26-21-32(25-41-24-26)30-18-17-29-23-31(20-19-28(29)22-30)39-35-12-4-6-14-37(35)40(38-15-7-5-13-36(38)39)34-16-8-10-27-9-2-3-11-33(27)34/h2-25H,1H3. The highest BCUT2D eigenvalue weighted by Crippen LogP contribution is 2.45. The highest BCUT2D eigenvalue weighted by Gasteiger charge is 2.18. The number of aryl methyl sites for hydroxylation is 1. The van der Waals surface area contributed by atoms with Gasteiger partial charge in [0.2, 0.25) is 0 Å². The summed E-state index contributed by atoms with van der Waals surface area (Å²) in [6.45, 7) is 2.09. The van der Waals surface area contributed by atoms with Crippen molar-refractivity contribution in [2.45, 2.75) is 6.92 Å². The van der Waals surface area contributed by atoms with E-state index in [0.717, 1.165) is 5.56 Å². The maximum Gasteiger partial charge on any atom is 0.0346 e. The van der Waals surface area contributed by atoms with Gasteiger partial charge in [-0.1, -0.05) is 115 Å². The van der Waals surface area contributed by atoms with Crippen molar-refractivity contribution in [3.63, 3.8) is 0 Å². The molecule has 8 aromatic rings. The molecule has 0 spiro atoms. The topological polar surface area (TPSA) is 12.9 Å². The molecule has 192 valence electrons. The van der Waals surface area contributed by atoms with E-state index in [9.17, 15) is 0 Å². The summed E-state index contributed by atoms with van der Waals surface area (Å²) >= 11 is 0. The third-order valence-corrected chi connectivity index (χ3v) is 8.33. The van der Waals surface area contributed by atoms with Gasteiger partial charge in [0.1, 0.15) is 0 Å². The lowest BCUT2D eigenvalue weighted by Crippen LogP contribution is -1.91. The van der Waals surface area contributed by atoms with E-state index in [1.165, 1.54) is 76.5 Å². The molecule has 0 fully saturated rings. The lowest BCUT2D eigenvalue weighted by Gasteiger charge is -2.19. The zero-order chi connectivity index (χ0) is 27.3. The maximum absolute atomic E-state index is 4.40. The molecule has 1 aromatic heterocycles. The van der Waals surface area contributed by atoms with E-state index < -0.39 is 0 Å². The molecule has 0 unspecified atom stereocenters. The van der Waals surface area contributed by atoms with Gasteiger partial charge in [-0.25, -0.2) is 0 Å². The van der Waals surface area contributed by atoms with Crippen LogP contribution in [-0.4, -0.2) is 4.98 Å². The van der Waals surface area contributed by atoms with Gasteiger partial charge >= 0.3 is 0 Å². The molecule has 0 aliphatic rings. The summed E-state index contributed by atoms with van der Waals surface area (Å²) in [7, 11) is 0. The van der Waals surface area contributed by atoms with E-state index in [1.807, 2.05) is 12.4 Å². The van der Waals surface area contributed by atoms with Gasteiger partial charge in [0.15, 0.2) is 0 Å². The number of benzene rings is 7. The summed E-state index contributed by atoms with van der Waals surface area (Å²) in [5.41, 5.74) is 8.61. The molecule has 0 aliphatic carbocycles. The molecule has 0 atom stereocenters. The maximum atomic E-state index is 4.40. The highest BCUT2D eigenvalue weighted by atomic mass is 14.6. The van der Waals surface area contributed by atoms with E-state index in [0.29, 0.717) is 0 Å². The van der Waals surface area contributed by atoms with Crippen LogP contribution in [0.15, 0.2) is 146 Å². The quantitative estimate of drug-likeness (QED) is 0.211. The zero-order valence-electron chi connectivity index (χ0n) is 22.8. The number of aromatic nitrogens is 1. The van der Waals surface area contributed by atoms with Gasteiger partial charge in [0.05, 0.1) is 0 Å². The van der Waals surface area contributed by atoms with Crippen LogP contribution in [0.5, 0.6) is 0 Å². The van der Waals surface area contributed by atoms with Crippen molar-refractivity contribution in [2.75, 3.05) is 0 Å². The van der Waals surface area contributed by atoms with Gasteiger partial charge < -0.3 is 0 Å². The van der Waals surface area contributed by atoms with Crippen molar-refractivity contribution < 1.29 is 0 Å². The monoisotopic (exact) mass is 521 g/mol. The first-order valence-electron chi connectivity index (χ1n) is 14.1. The number of nitrogens with zero attached hydrogens (tertiary/aromatic N) is 1. The Labute approximate surface area is 239 Å². The van der Waals surface area contributed by atoms with Crippen molar-refractivity contribution in [3.8, 4) is 33.4 Å². The van der Waals surface area contributed by atoms with Crippen LogP contribution in [0.2, 0.25) is 0 Å². The van der Waals surface area contributed by atoms with Gasteiger partial charge in [-0.3, -0.25) is 4.98 Å². The second kappa shape index (κ2) is 9.43. The summed E-state index contributed by atoms with van der Waals surface area (Å²) in [5.74, 6) is 0. The summed E-state index contributed by atoms with van der Waals surface area (Å²) < 4.78 is 0. The summed E-state index contributed by atoms with van der Waals surface area (Å²) in [5, 5.41) is 10.1. The molecular formula is C40H27N. The van der Waals surface area contributed by atoms with Gasteiger partial charge in [0.25, 0.3) is 0 Å². The van der Waals surface area contributed by atoms with E-state index in [4.69, 9.17) is 0 Å². The minimum absolute atomic E-state index is 1.15. The van der Waals surface area contributed by atoms with Crippen LogP contribution in [0.25, 0.3) is 76.5 Å². The van der Waals surface area contributed by atoms with Crippen LogP contribution in [-0.2, 0) is 0 Å². The largest absolute Gasteiger partial charge is 0.264 e. The number of pyridine rings is 1. The zero-order valence-corrected chi connectivity index (χ0v) is 22.8. The fourth-order valence-corrected chi connectivity index (χ4v) is 6.47. The van der Waals surface area contributed by atoms with Crippen LogP contribution in [0.3, 0.4) is 0 Å². The molecule has 0 N–H and O–H groups in total. The highest BCUT2D eigenvalue weighted by molar-refractivity contribution is 6.23. The molecule has 1 nitrogen and oxygen atoms in total. The Hall–Kier alpha value is -5.27. The van der Waals surface area contributed by atoms with Crippen LogP contribution in [0.1, 0.15) is 5.56 Å². The van der Waals surface area contributed by atoms with E-state index in [-0.39, 0.29) is 0 Å². The summed E-state index contributed by atoms with van der Waals surface area (Å²) in [4.78, 5) is 4.40. The SMILES string of the molecule is Cc1cncc(-c2ccc3cc(-c4c5ccccc5c(-c5cccc6ccccc56)c5ccccc45)ccc3c2)c1. The summed E-state index contributed by atoms with van der Waals surface area (Å²) in [6.07, 6.45) is 3.84. The molecule has 1 heterocycles. The minimum atomic E-state index is 1.15. The van der Waals surface area contributed by atoms with E-state index in [1.54, 1.807) is 0 Å². The molecule has 0 bridgehead atoms. The first-order valence-corrected chi connectivity index (χ1v) is 14.1. The molecule has 0 aliphatic heterocycles.